The van der Waals surface area contributed by atoms with Crippen LogP contribution in [-0.2, 0) is 14.8 Å². The second-order valence-electron chi connectivity index (χ2n) is 4.89. The Bertz CT molecular complexity index is 606. The van der Waals surface area contributed by atoms with Crippen LogP contribution in [0.1, 0.15) is 45.4 Å². The molecule has 8 heteroatoms. The molecule has 2 N–H and O–H groups in total. The van der Waals surface area contributed by atoms with Gasteiger partial charge < -0.3 is 0 Å². The number of unbranched alkanes of at least 4 members (excludes halogenated alkanes) is 4. The molecule has 1 aromatic rings. The number of nitrogens with one attached hydrogen (secondary N) is 2. The standard InChI is InChI=1S/C14H20Cl2N2O3S/c1-2-3-4-5-6-7-14(19)17-18-22(20,21)13-10-11(15)8-9-12(13)16/h8-10,18H,2-7H2,1H3,(H,17,19). The van der Waals surface area contributed by atoms with E-state index in [2.05, 4.69) is 12.3 Å². The molecular weight excluding hydrogens is 347 g/mol. The number of carbonyl (C=O) groups is 1. The van der Waals surface area contributed by atoms with Crippen molar-refractivity contribution in [2.75, 3.05) is 0 Å². The molecule has 124 valence electrons. The summed E-state index contributed by atoms with van der Waals surface area (Å²) >= 11 is 11.6. The van der Waals surface area contributed by atoms with Crippen LogP contribution in [0.15, 0.2) is 23.1 Å². The number of amides is 1. The van der Waals surface area contributed by atoms with Gasteiger partial charge in [0.1, 0.15) is 4.90 Å². The van der Waals surface area contributed by atoms with Crippen molar-refractivity contribution >= 4 is 39.1 Å². The number of hydrogen-bond acceptors (Lipinski definition) is 3. The first-order valence-corrected chi connectivity index (χ1v) is 9.36. The first kappa shape index (κ1) is 19.2. The summed E-state index contributed by atoms with van der Waals surface area (Å²) in [5.74, 6) is -0.377. The maximum Gasteiger partial charge on any atom is 0.258 e. The maximum absolute atomic E-state index is 12.1. The quantitative estimate of drug-likeness (QED) is 0.517. The molecule has 5 nitrogen and oxygen atoms in total. The van der Waals surface area contributed by atoms with E-state index in [1.54, 1.807) is 0 Å². The molecule has 0 saturated carbocycles. The zero-order valence-electron chi connectivity index (χ0n) is 12.4. The van der Waals surface area contributed by atoms with E-state index in [0.717, 1.165) is 32.1 Å². The predicted octanol–water partition coefficient (Wildman–Crippen LogP) is 3.66. The van der Waals surface area contributed by atoms with Gasteiger partial charge in [0.15, 0.2) is 0 Å². The Kier molecular flexibility index (Phi) is 8.17. The molecule has 1 amide bonds. The van der Waals surface area contributed by atoms with Crippen LogP contribution in [0.25, 0.3) is 0 Å². The number of halogens is 2. The minimum Gasteiger partial charge on any atom is -0.278 e. The SMILES string of the molecule is CCCCCCCC(=O)NNS(=O)(=O)c1cc(Cl)ccc1Cl. The van der Waals surface area contributed by atoms with Crippen molar-refractivity contribution < 1.29 is 13.2 Å². The molecule has 0 aliphatic carbocycles. The zero-order chi connectivity index (χ0) is 16.6. The summed E-state index contributed by atoms with van der Waals surface area (Å²) in [6, 6.07) is 4.09. The van der Waals surface area contributed by atoms with Crippen LogP contribution in [0.3, 0.4) is 0 Å². The summed E-state index contributed by atoms with van der Waals surface area (Å²) in [5, 5.41) is 0.276. The van der Waals surface area contributed by atoms with Crippen LogP contribution in [0.4, 0.5) is 0 Å². The number of hydrogen-bond donors (Lipinski definition) is 2. The van der Waals surface area contributed by atoms with E-state index in [4.69, 9.17) is 23.2 Å². The topological polar surface area (TPSA) is 75.3 Å². The van der Waals surface area contributed by atoms with Gasteiger partial charge in [-0.3, -0.25) is 10.2 Å². The van der Waals surface area contributed by atoms with E-state index in [9.17, 15) is 13.2 Å². The molecular formula is C14H20Cl2N2O3S. The van der Waals surface area contributed by atoms with Crippen LogP contribution < -0.4 is 10.3 Å². The number of benzene rings is 1. The molecule has 0 saturated heterocycles. The number of hydrazine groups is 1. The minimum absolute atomic E-state index is 0.0331. The van der Waals surface area contributed by atoms with Crippen molar-refractivity contribution in [2.24, 2.45) is 0 Å². The fourth-order valence-corrected chi connectivity index (χ4v) is 3.44. The summed E-state index contributed by atoms with van der Waals surface area (Å²) in [6.07, 6.45) is 5.30. The predicted molar refractivity (Wildman–Crippen MR) is 88.3 cm³/mol. The number of sulfonamides is 1. The van der Waals surface area contributed by atoms with Crippen LogP contribution in [0, 0.1) is 0 Å². The normalized spacial score (nSPS) is 11.4. The monoisotopic (exact) mass is 366 g/mol. The molecule has 0 bridgehead atoms. The Balaban J connectivity index is 2.49. The smallest absolute Gasteiger partial charge is 0.258 e. The summed E-state index contributed by atoms with van der Waals surface area (Å²) in [5.41, 5.74) is 2.18. The maximum atomic E-state index is 12.1. The summed E-state index contributed by atoms with van der Waals surface area (Å²) in [4.78, 5) is 13.5. The van der Waals surface area contributed by atoms with Gasteiger partial charge in [-0.15, -0.1) is 4.83 Å². The lowest BCUT2D eigenvalue weighted by atomic mass is 10.1. The molecule has 1 aromatic carbocycles. The third-order valence-corrected chi connectivity index (χ3v) is 4.98. The molecule has 0 fully saturated rings. The third kappa shape index (κ3) is 6.52. The minimum atomic E-state index is -3.95. The molecule has 0 spiro atoms. The van der Waals surface area contributed by atoms with Gasteiger partial charge in [0.25, 0.3) is 10.0 Å². The second kappa shape index (κ2) is 9.35. The Morgan fingerprint density at radius 2 is 1.82 bits per heavy atom. The first-order chi connectivity index (χ1) is 10.4. The number of rotatable bonds is 9. The first-order valence-electron chi connectivity index (χ1n) is 7.12. The molecule has 0 heterocycles. The highest BCUT2D eigenvalue weighted by atomic mass is 35.5. The Morgan fingerprint density at radius 1 is 1.14 bits per heavy atom. The van der Waals surface area contributed by atoms with E-state index in [-0.39, 0.29) is 27.3 Å². The van der Waals surface area contributed by atoms with Crippen LogP contribution in [-0.4, -0.2) is 14.3 Å². The second-order valence-corrected chi connectivity index (χ2v) is 7.39. The van der Waals surface area contributed by atoms with Crippen molar-refractivity contribution in [1.82, 2.24) is 10.3 Å². The van der Waals surface area contributed by atoms with Crippen LogP contribution >= 0.6 is 23.2 Å². The van der Waals surface area contributed by atoms with Crippen LogP contribution in [0.5, 0.6) is 0 Å². The van der Waals surface area contributed by atoms with E-state index in [1.165, 1.54) is 18.2 Å². The highest BCUT2D eigenvalue weighted by Gasteiger charge is 2.19. The van der Waals surface area contributed by atoms with E-state index in [1.807, 2.05) is 4.83 Å². The van der Waals surface area contributed by atoms with Gasteiger partial charge in [-0.1, -0.05) is 55.8 Å². The van der Waals surface area contributed by atoms with E-state index < -0.39 is 10.0 Å². The van der Waals surface area contributed by atoms with Gasteiger partial charge >= 0.3 is 0 Å². The lowest BCUT2D eigenvalue weighted by Crippen LogP contribution is -2.41. The van der Waals surface area contributed by atoms with E-state index >= 15 is 0 Å². The largest absolute Gasteiger partial charge is 0.278 e. The molecule has 0 unspecified atom stereocenters. The Morgan fingerprint density at radius 3 is 2.50 bits per heavy atom. The van der Waals surface area contributed by atoms with Crippen molar-refractivity contribution in [1.29, 1.82) is 0 Å². The molecule has 0 radical (unpaired) electrons. The van der Waals surface area contributed by atoms with Crippen molar-refractivity contribution in [2.45, 2.75) is 50.3 Å². The average molecular weight is 367 g/mol. The Hall–Kier alpha value is -0.820. The summed E-state index contributed by atoms with van der Waals surface area (Å²) < 4.78 is 24.1. The Labute approximate surface area is 141 Å². The lowest BCUT2D eigenvalue weighted by molar-refractivity contribution is -0.121. The highest BCUT2D eigenvalue weighted by molar-refractivity contribution is 7.89. The fourth-order valence-electron chi connectivity index (χ4n) is 1.81. The van der Waals surface area contributed by atoms with Gasteiger partial charge in [0.2, 0.25) is 5.91 Å². The van der Waals surface area contributed by atoms with Gasteiger partial charge in [-0.2, -0.15) is 0 Å². The van der Waals surface area contributed by atoms with Crippen LogP contribution in [0.2, 0.25) is 10.0 Å². The molecule has 22 heavy (non-hydrogen) atoms. The van der Waals surface area contributed by atoms with Gasteiger partial charge in [-0.05, 0) is 24.6 Å². The third-order valence-electron chi connectivity index (χ3n) is 3.01. The highest BCUT2D eigenvalue weighted by Crippen LogP contribution is 2.24. The number of carbonyl (C=O) groups excluding carboxylic acids is 1. The zero-order valence-corrected chi connectivity index (χ0v) is 14.7. The van der Waals surface area contributed by atoms with Crippen molar-refractivity contribution in [3.8, 4) is 0 Å². The van der Waals surface area contributed by atoms with E-state index in [0.29, 0.717) is 0 Å². The van der Waals surface area contributed by atoms with Crippen molar-refractivity contribution in [3.63, 3.8) is 0 Å². The fraction of sp³-hybridized carbons (Fsp3) is 0.500. The average Bonchev–Trinajstić information content (AvgIpc) is 2.47. The van der Waals surface area contributed by atoms with Gasteiger partial charge in [0.05, 0.1) is 5.02 Å². The van der Waals surface area contributed by atoms with Gasteiger partial charge in [0, 0.05) is 11.4 Å². The summed E-state index contributed by atoms with van der Waals surface area (Å²) in [6.45, 7) is 2.11. The molecule has 0 atom stereocenters. The van der Waals surface area contributed by atoms with Crippen molar-refractivity contribution in [3.05, 3.63) is 28.2 Å². The summed E-state index contributed by atoms with van der Waals surface area (Å²) in [7, 11) is -3.95. The van der Waals surface area contributed by atoms with Gasteiger partial charge in [-0.25, -0.2) is 8.42 Å². The molecule has 0 aromatic heterocycles. The molecule has 0 aliphatic heterocycles. The molecule has 1 rings (SSSR count). The lowest BCUT2D eigenvalue weighted by Gasteiger charge is -2.10. The molecule has 0 aliphatic rings.